The van der Waals surface area contributed by atoms with Crippen molar-refractivity contribution in [2.45, 2.75) is 56.2 Å². The summed E-state index contributed by atoms with van der Waals surface area (Å²) in [4.78, 5) is 4.45. The lowest BCUT2D eigenvalue weighted by molar-refractivity contribution is -0.180. The van der Waals surface area contributed by atoms with Crippen molar-refractivity contribution in [3.63, 3.8) is 0 Å². The molecule has 4 rings (SSSR count). The van der Waals surface area contributed by atoms with E-state index in [1.807, 2.05) is 25.1 Å². The van der Waals surface area contributed by atoms with Gasteiger partial charge in [-0.2, -0.15) is 4.31 Å². The van der Waals surface area contributed by atoms with Crippen molar-refractivity contribution in [3.05, 3.63) is 29.6 Å². The summed E-state index contributed by atoms with van der Waals surface area (Å²) in [5, 5.41) is -0.141. The van der Waals surface area contributed by atoms with Gasteiger partial charge < -0.3 is 9.47 Å². The Labute approximate surface area is 143 Å². The van der Waals surface area contributed by atoms with E-state index in [2.05, 4.69) is 4.98 Å². The zero-order valence-electron chi connectivity index (χ0n) is 14.0. The van der Waals surface area contributed by atoms with Crippen LogP contribution in [0.15, 0.2) is 18.2 Å². The molecule has 0 amide bonds. The Morgan fingerprint density at radius 3 is 2.83 bits per heavy atom. The summed E-state index contributed by atoms with van der Waals surface area (Å²) in [6, 6.07) is 5.92. The summed E-state index contributed by atoms with van der Waals surface area (Å²) < 4.78 is 38.1. The van der Waals surface area contributed by atoms with E-state index in [4.69, 9.17) is 9.47 Å². The molecule has 1 atom stereocenters. The molecule has 0 unspecified atom stereocenters. The fourth-order valence-electron chi connectivity index (χ4n) is 3.58. The van der Waals surface area contributed by atoms with E-state index in [0.717, 1.165) is 37.1 Å². The van der Waals surface area contributed by atoms with Crippen LogP contribution in [0.1, 0.15) is 37.1 Å². The number of sulfonamides is 1. The van der Waals surface area contributed by atoms with E-state index < -0.39 is 10.0 Å². The molecule has 1 aliphatic carbocycles. The zero-order valence-corrected chi connectivity index (χ0v) is 14.8. The Morgan fingerprint density at radius 1 is 1.33 bits per heavy atom. The van der Waals surface area contributed by atoms with Crippen LogP contribution in [0.3, 0.4) is 0 Å². The molecule has 0 N–H and O–H groups in total. The van der Waals surface area contributed by atoms with Crippen LogP contribution in [0.4, 0.5) is 0 Å². The summed E-state index contributed by atoms with van der Waals surface area (Å²) in [5.41, 5.74) is 1.58. The van der Waals surface area contributed by atoms with Gasteiger partial charge in [0.1, 0.15) is 0 Å². The zero-order chi connectivity index (χ0) is 16.8. The van der Waals surface area contributed by atoms with Gasteiger partial charge in [-0.25, -0.2) is 8.42 Å². The van der Waals surface area contributed by atoms with Crippen molar-refractivity contribution in [1.82, 2.24) is 9.29 Å². The van der Waals surface area contributed by atoms with Gasteiger partial charge in [-0.1, -0.05) is 6.07 Å². The van der Waals surface area contributed by atoms with Gasteiger partial charge in [0, 0.05) is 31.8 Å². The lowest BCUT2D eigenvalue weighted by atomic mass is 9.86. The third-order valence-electron chi connectivity index (χ3n) is 5.10. The smallest absolute Gasteiger partial charge is 0.217 e. The van der Waals surface area contributed by atoms with Crippen LogP contribution in [-0.4, -0.2) is 54.4 Å². The Bertz CT molecular complexity index is 711. The van der Waals surface area contributed by atoms with Crippen LogP contribution in [0.5, 0.6) is 0 Å². The van der Waals surface area contributed by atoms with Crippen molar-refractivity contribution < 1.29 is 17.9 Å². The Hall–Kier alpha value is -1.02. The van der Waals surface area contributed by atoms with E-state index >= 15 is 0 Å². The molecule has 2 aliphatic heterocycles. The molecule has 1 spiro atoms. The average molecular weight is 352 g/mol. The molecule has 6 nitrogen and oxygen atoms in total. The minimum Gasteiger partial charge on any atom is -0.372 e. The van der Waals surface area contributed by atoms with Gasteiger partial charge in [0.2, 0.25) is 10.0 Å². The van der Waals surface area contributed by atoms with E-state index in [9.17, 15) is 8.42 Å². The number of aromatic nitrogens is 1. The van der Waals surface area contributed by atoms with E-state index in [1.165, 1.54) is 0 Å². The maximum Gasteiger partial charge on any atom is 0.217 e. The Morgan fingerprint density at radius 2 is 2.12 bits per heavy atom. The molecular weight excluding hydrogens is 328 g/mol. The fraction of sp³-hybridized carbons (Fsp3) is 0.706. The van der Waals surface area contributed by atoms with Crippen LogP contribution >= 0.6 is 0 Å². The molecule has 0 radical (unpaired) electrons. The second kappa shape index (κ2) is 6.05. The van der Waals surface area contributed by atoms with Gasteiger partial charge in [0.05, 0.1) is 29.3 Å². The number of nitrogens with zero attached hydrogens (tertiary/aromatic N) is 2. The van der Waals surface area contributed by atoms with Crippen molar-refractivity contribution >= 4 is 10.0 Å². The molecule has 7 heteroatoms. The molecular formula is C17H24N2O4S. The van der Waals surface area contributed by atoms with Crippen molar-refractivity contribution in [2.75, 3.05) is 19.7 Å². The van der Waals surface area contributed by atoms with Gasteiger partial charge in [-0.15, -0.1) is 0 Å². The van der Waals surface area contributed by atoms with Crippen molar-refractivity contribution in [2.24, 2.45) is 0 Å². The minimum absolute atomic E-state index is 0.104. The lowest BCUT2D eigenvalue weighted by Gasteiger charge is -2.52. The highest BCUT2D eigenvalue weighted by Gasteiger charge is 2.54. The van der Waals surface area contributed by atoms with Crippen LogP contribution in [0, 0.1) is 6.92 Å². The van der Waals surface area contributed by atoms with Crippen molar-refractivity contribution in [3.8, 4) is 0 Å². The largest absolute Gasteiger partial charge is 0.372 e. The molecule has 0 bridgehead atoms. The molecule has 3 aliphatic rings. The summed E-state index contributed by atoms with van der Waals surface area (Å²) in [6.45, 7) is 4.05. The summed E-state index contributed by atoms with van der Waals surface area (Å²) in [7, 11) is -3.08. The predicted octanol–water partition coefficient (Wildman–Crippen LogP) is 1.63. The first-order chi connectivity index (χ1) is 11.5. The molecule has 24 heavy (non-hydrogen) atoms. The maximum absolute atomic E-state index is 12.3. The van der Waals surface area contributed by atoms with E-state index in [-0.39, 0.29) is 17.0 Å². The quantitative estimate of drug-likeness (QED) is 0.806. The molecule has 3 fully saturated rings. The topological polar surface area (TPSA) is 68.7 Å². The summed E-state index contributed by atoms with van der Waals surface area (Å²) >= 11 is 0. The predicted molar refractivity (Wildman–Crippen MR) is 89.0 cm³/mol. The first-order valence-electron chi connectivity index (χ1n) is 8.64. The number of aryl methyl sites for hydroxylation is 1. The third-order valence-corrected chi connectivity index (χ3v) is 7.39. The van der Waals surface area contributed by atoms with Gasteiger partial charge in [-0.3, -0.25) is 4.98 Å². The number of hydrogen-bond acceptors (Lipinski definition) is 5. The number of rotatable bonds is 5. The number of pyridine rings is 1. The Balaban J connectivity index is 1.32. The summed E-state index contributed by atoms with van der Waals surface area (Å²) in [5.74, 6) is 0. The average Bonchev–Trinajstić information content (AvgIpc) is 3.36. The number of ether oxygens (including phenoxy) is 2. The first-order valence-corrected chi connectivity index (χ1v) is 10.1. The highest BCUT2D eigenvalue weighted by molar-refractivity contribution is 7.90. The first kappa shape index (κ1) is 16.4. The van der Waals surface area contributed by atoms with Crippen LogP contribution < -0.4 is 0 Å². The van der Waals surface area contributed by atoms with Crippen LogP contribution in [0.2, 0.25) is 0 Å². The van der Waals surface area contributed by atoms with E-state index in [1.54, 1.807) is 4.31 Å². The number of hydrogen-bond donors (Lipinski definition) is 0. The standard InChI is InChI=1S/C17H24N2O4S/c1-13-3-2-4-14(18-13)10-22-15-7-8-23-17(9-15)11-19(12-17)24(20,21)16-5-6-16/h2-4,15-16H,5-12H2,1H3/t15-/m1/s1. The van der Waals surface area contributed by atoms with Crippen molar-refractivity contribution in [1.29, 1.82) is 0 Å². The molecule has 132 valence electrons. The monoisotopic (exact) mass is 352 g/mol. The molecule has 1 saturated carbocycles. The normalized spacial score (nSPS) is 27.1. The fourth-order valence-corrected chi connectivity index (χ4v) is 5.57. The molecule has 1 aromatic rings. The minimum atomic E-state index is -3.08. The summed E-state index contributed by atoms with van der Waals surface area (Å²) in [6.07, 6.45) is 3.33. The Kier molecular flexibility index (Phi) is 4.15. The third kappa shape index (κ3) is 3.22. The highest BCUT2D eigenvalue weighted by Crippen LogP contribution is 2.41. The molecule has 1 aromatic heterocycles. The van der Waals surface area contributed by atoms with Gasteiger partial charge >= 0.3 is 0 Å². The SMILES string of the molecule is Cc1cccc(CO[C@@H]2CCOC3(C2)CN(S(=O)(=O)C2CC2)C3)n1. The maximum atomic E-state index is 12.3. The molecule has 0 aromatic carbocycles. The van der Waals surface area contributed by atoms with Crippen LogP contribution in [0.25, 0.3) is 0 Å². The lowest BCUT2D eigenvalue weighted by Crippen LogP contribution is -2.67. The van der Waals surface area contributed by atoms with E-state index in [0.29, 0.717) is 26.3 Å². The van der Waals surface area contributed by atoms with Gasteiger partial charge in [0.15, 0.2) is 0 Å². The molecule has 3 heterocycles. The second-order valence-corrected chi connectivity index (χ2v) is 9.45. The van der Waals surface area contributed by atoms with Crippen LogP contribution in [-0.2, 0) is 26.1 Å². The molecule has 2 saturated heterocycles. The highest BCUT2D eigenvalue weighted by atomic mass is 32.2. The second-order valence-electron chi connectivity index (χ2n) is 7.24. The van der Waals surface area contributed by atoms with Gasteiger partial charge in [0.25, 0.3) is 0 Å². The van der Waals surface area contributed by atoms with Gasteiger partial charge in [-0.05, 0) is 38.3 Å².